The Hall–Kier alpha value is -1.96. The van der Waals surface area contributed by atoms with Crippen LogP contribution in [0.3, 0.4) is 0 Å². The standard InChI is InChI=1S/C9H9N3O4S/c13-9(14)7-3-11-8(4-10-7)12-6-1-2-17(15,16)5-6/h1-4,6H,5H2,(H,11,12)(H,13,14). The average molecular weight is 255 g/mol. The van der Waals surface area contributed by atoms with E-state index in [2.05, 4.69) is 15.3 Å². The van der Waals surface area contributed by atoms with Crippen molar-refractivity contribution in [2.75, 3.05) is 11.1 Å². The molecule has 1 atom stereocenters. The number of hydrogen-bond donors (Lipinski definition) is 2. The Kier molecular flexibility index (Phi) is 2.80. The third-order valence-electron chi connectivity index (χ3n) is 2.13. The van der Waals surface area contributed by atoms with Gasteiger partial charge in [-0.05, 0) is 6.08 Å². The number of anilines is 1. The molecule has 0 aliphatic carbocycles. The van der Waals surface area contributed by atoms with Crippen LogP contribution in [0.2, 0.25) is 0 Å². The molecule has 0 spiro atoms. The Morgan fingerprint density at radius 1 is 1.41 bits per heavy atom. The first-order chi connectivity index (χ1) is 7.96. The van der Waals surface area contributed by atoms with E-state index in [0.717, 1.165) is 11.6 Å². The second kappa shape index (κ2) is 4.13. The molecular formula is C9H9N3O4S. The maximum Gasteiger partial charge on any atom is 0.356 e. The quantitative estimate of drug-likeness (QED) is 0.775. The summed E-state index contributed by atoms with van der Waals surface area (Å²) in [5.74, 6) is -0.857. The summed E-state index contributed by atoms with van der Waals surface area (Å²) in [6, 6.07) is -0.357. The van der Waals surface area contributed by atoms with Gasteiger partial charge >= 0.3 is 5.97 Å². The first kappa shape index (κ1) is 11.5. The molecule has 90 valence electrons. The lowest BCUT2D eigenvalue weighted by Crippen LogP contribution is -2.21. The molecular weight excluding hydrogens is 246 g/mol. The lowest BCUT2D eigenvalue weighted by Gasteiger charge is -2.09. The van der Waals surface area contributed by atoms with Crippen molar-refractivity contribution in [3.8, 4) is 0 Å². The summed E-state index contributed by atoms with van der Waals surface area (Å²) in [5, 5.41) is 12.6. The van der Waals surface area contributed by atoms with Gasteiger partial charge in [-0.15, -0.1) is 0 Å². The third-order valence-corrected chi connectivity index (χ3v) is 3.53. The van der Waals surface area contributed by atoms with Crippen LogP contribution < -0.4 is 5.32 Å². The molecule has 8 heteroatoms. The van der Waals surface area contributed by atoms with Gasteiger partial charge in [0.25, 0.3) is 0 Å². The summed E-state index contributed by atoms with van der Waals surface area (Å²) >= 11 is 0. The zero-order valence-corrected chi connectivity index (χ0v) is 9.38. The first-order valence-electron chi connectivity index (χ1n) is 4.69. The molecule has 1 unspecified atom stereocenters. The fraction of sp³-hybridized carbons (Fsp3) is 0.222. The van der Waals surface area contributed by atoms with Gasteiger partial charge in [0.05, 0.1) is 24.2 Å². The molecule has 2 rings (SSSR count). The molecule has 0 radical (unpaired) electrons. The topological polar surface area (TPSA) is 109 Å². The van der Waals surface area contributed by atoms with E-state index in [0.29, 0.717) is 5.82 Å². The first-order valence-corrected chi connectivity index (χ1v) is 6.41. The highest BCUT2D eigenvalue weighted by atomic mass is 32.2. The molecule has 1 aromatic rings. The van der Waals surface area contributed by atoms with Gasteiger partial charge in [-0.1, -0.05) is 0 Å². The molecule has 1 aliphatic heterocycles. The minimum Gasteiger partial charge on any atom is -0.476 e. The van der Waals surface area contributed by atoms with E-state index in [4.69, 9.17) is 5.11 Å². The molecule has 0 amide bonds. The van der Waals surface area contributed by atoms with Crippen LogP contribution in [0.25, 0.3) is 0 Å². The fourth-order valence-electron chi connectivity index (χ4n) is 1.37. The SMILES string of the molecule is O=C(O)c1cnc(NC2C=CS(=O)(=O)C2)cn1. The molecule has 1 aliphatic rings. The number of rotatable bonds is 3. The monoisotopic (exact) mass is 255 g/mol. The molecule has 0 bridgehead atoms. The van der Waals surface area contributed by atoms with Gasteiger partial charge in [-0.2, -0.15) is 0 Å². The van der Waals surface area contributed by atoms with Gasteiger partial charge in [0.15, 0.2) is 15.5 Å². The molecule has 2 N–H and O–H groups in total. The van der Waals surface area contributed by atoms with Crippen molar-refractivity contribution in [1.29, 1.82) is 0 Å². The van der Waals surface area contributed by atoms with Crippen LogP contribution >= 0.6 is 0 Å². The van der Waals surface area contributed by atoms with Crippen LogP contribution in [-0.2, 0) is 9.84 Å². The smallest absolute Gasteiger partial charge is 0.356 e. The van der Waals surface area contributed by atoms with E-state index < -0.39 is 15.8 Å². The number of aromatic nitrogens is 2. The highest BCUT2D eigenvalue weighted by Gasteiger charge is 2.21. The number of nitrogens with one attached hydrogen (secondary N) is 1. The van der Waals surface area contributed by atoms with Crippen molar-refractivity contribution in [3.63, 3.8) is 0 Å². The highest BCUT2D eigenvalue weighted by Crippen LogP contribution is 2.12. The summed E-state index contributed by atoms with van der Waals surface area (Å²) in [6.45, 7) is 0. The van der Waals surface area contributed by atoms with Crippen molar-refractivity contribution in [3.05, 3.63) is 29.6 Å². The maximum absolute atomic E-state index is 11.1. The number of carboxylic acid groups (broad SMARTS) is 1. The Bertz CT molecular complexity index is 564. The minimum absolute atomic E-state index is 0.0324. The molecule has 0 aromatic carbocycles. The Morgan fingerprint density at radius 3 is 2.65 bits per heavy atom. The predicted octanol–water partition coefficient (Wildman–Crippen LogP) is -0.103. The lowest BCUT2D eigenvalue weighted by atomic mass is 10.3. The zero-order valence-electron chi connectivity index (χ0n) is 8.57. The number of aromatic carboxylic acids is 1. The summed E-state index contributed by atoms with van der Waals surface area (Å²) < 4.78 is 22.3. The molecule has 2 heterocycles. The number of carbonyl (C=O) groups is 1. The largest absolute Gasteiger partial charge is 0.476 e. The van der Waals surface area contributed by atoms with Crippen LogP contribution in [0.4, 0.5) is 5.82 Å². The summed E-state index contributed by atoms with van der Waals surface area (Å²) in [6.07, 6.45) is 3.88. The molecule has 17 heavy (non-hydrogen) atoms. The molecule has 1 aromatic heterocycles. The zero-order chi connectivity index (χ0) is 12.5. The second-order valence-corrected chi connectivity index (χ2v) is 5.43. The van der Waals surface area contributed by atoms with Crippen LogP contribution in [0.15, 0.2) is 23.9 Å². The molecule has 0 saturated heterocycles. The van der Waals surface area contributed by atoms with E-state index in [-0.39, 0.29) is 17.5 Å². The van der Waals surface area contributed by atoms with Gasteiger partial charge in [0.1, 0.15) is 5.82 Å². The van der Waals surface area contributed by atoms with Crippen LogP contribution in [0, 0.1) is 0 Å². The van der Waals surface area contributed by atoms with Crippen LogP contribution in [-0.4, -0.2) is 41.3 Å². The molecule has 0 fully saturated rings. The normalized spacial score (nSPS) is 21.3. The lowest BCUT2D eigenvalue weighted by molar-refractivity contribution is 0.0690. The predicted molar refractivity (Wildman–Crippen MR) is 59.3 cm³/mol. The Morgan fingerprint density at radius 2 is 2.18 bits per heavy atom. The molecule has 7 nitrogen and oxygen atoms in total. The number of carboxylic acids is 1. The van der Waals surface area contributed by atoms with Crippen LogP contribution in [0.5, 0.6) is 0 Å². The van der Waals surface area contributed by atoms with Crippen molar-refractivity contribution in [2.24, 2.45) is 0 Å². The number of hydrogen-bond acceptors (Lipinski definition) is 6. The fourth-order valence-corrected chi connectivity index (χ4v) is 2.60. The van der Waals surface area contributed by atoms with Gasteiger partial charge in [0, 0.05) is 5.41 Å². The summed E-state index contributed by atoms with van der Waals surface area (Å²) in [7, 11) is -3.12. The van der Waals surface area contributed by atoms with Gasteiger partial charge in [0.2, 0.25) is 0 Å². The Labute approximate surface area is 97.1 Å². The van der Waals surface area contributed by atoms with Crippen molar-refractivity contribution >= 4 is 21.6 Å². The van der Waals surface area contributed by atoms with Crippen molar-refractivity contribution in [2.45, 2.75) is 6.04 Å². The number of sulfone groups is 1. The van der Waals surface area contributed by atoms with Crippen molar-refractivity contribution in [1.82, 2.24) is 9.97 Å². The Balaban J connectivity index is 2.06. The van der Waals surface area contributed by atoms with Crippen molar-refractivity contribution < 1.29 is 18.3 Å². The second-order valence-electron chi connectivity index (χ2n) is 3.50. The van der Waals surface area contributed by atoms with E-state index in [1.54, 1.807) is 0 Å². The van der Waals surface area contributed by atoms with E-state index in [9.17, 15) is 13.2 Å². The van der Waals surface area contributed by atoms with E-state index >= 15 is 0 Å². The highest BCUT2D eigenvalue weighted by molar-refractivity contribution is 7.94. The maximum atomic E-state index is 11.1. The number of nitrogens with zero attached hydrogens (tertiary/aromatic N) is 2. The van der Waals surface area contributed by atoms with E-state index in [1.165, 1.54) is 12.3 Å². The van der Waals surface area contributed by atoms with Gasteiger partial charge in [-0.3, -0.25) is 0 Å². The summed E-state index contributed by atoms with van der Waals surface area (Å²) in [5.41, 5.74) is -0.162. The van der Waals surface area contributed by atoms with Crippen LogP contribution in [0.1, 0.15) is 10.5 Å². The minimum atomic E-state index is -3.12. The average Bonchev–Trinajstić information content (AvgIpc) is 2.59. The summed E-state index contributed by atoms with van der Waals surface area (Å²) in [4.78, 5) is 18.0. The third kappa shape index (κ3) is 2.78. The van der Waals surface area contributed by atoms with Gasteiger partial charge in [-0.25, -0.2) is 23.2 Å². The molecule has 0 saturated carbocycles. The van der Waals surface area contributed by atoms with Gasteiger partial charge < -0.3 is 10.4 Å². The van der Waals surface area contributed by atoms with E-state index in [1.807, 2.05) is 0 Å².